The lowest BCUT2D eigenvalue weighted by molar-refractivity contribution is -0.139. The topological polar surface area (TPSA) is 129 Å². The van der Waals surface area contributed by atoms with E-state index in [0.717, 1.165) is 4.90 Å². The number of hydrazine groups is 1. The van der Waals surface area contributed by atoms with Gasteiger partial charge >= 0.3 is 6.18 Å². The van der Waals surface area contributed by atoms with E-state index in [2.05, 4.69) is 10.4 Å². The minimum Gasteiger partial charge on any atom is -0.503 e. The molecule has 2 saturated heterocycles. The average Bonchev–Trinajstić information content (AvgIpc) is 3.54. The Hall–Kier alpha value is -4.82. The van der Waals surface area contributed by atoms with Crippen molar-refractivity contribution in [3.05, 3.63) is 121 Å². The van der Waals surface area contributed by atoms with Crippen molar-refractivity contribution in [1.82, 2.24) is 9.99 Å². The number of halogens is 7. The molecule has 1 saturated carbocycles. The molecule has 3 fully saturated rings. The predicted octanol–water partition coefficient (Wildman–Crippen LogP) is 8.62. The van der Waals surface area contributed by atoms with Crippen molar-refractivity contribution < 1.29 is 42.2 Å². The van der Waals surface area contributed by atoms with Crippen molar-refractivity contribution >= 4 is 81.5 Å². The Bertz CT molecular complexity index is 2380. The van der Waals surface area contributed by atoms with Gasteiger partial charge in [0.1, 0.15) is 0 Å². The van der Waals surface area contributed by atoms with E-state index in [-0.39, 0.29) is 29.4 Å². The summed E-state index contributed by atoms with van der Waals surface area (Å²) in [5, 5.41) is 11.5. The third-order valence-electron chi connectivity index (χ3n) is 11.2. The summed E-state index contributed by atoms with van der Waals surface area (Å²) in [4.78, 5) is 63.6. The molecule has 0 spiro atoms. The van der Waals surface area contributed by atoms with Crippen LogP contribution < -0.4 is 15.1 Å². The highest BCUT2D eigenvalue weighted by molar-refractivity contribution is 6.33. The van der Waals surface area contributed by atoms with Crippen LogP contribution in [-0.4, -0.2) is 45.8 Å². The lowest BCUT2D eigenvalue weighted by Crippen LogP contribution is -2.53. The van der Waals surface area contributed by atoms with Gasteiger partial charge in [-0.1, -0.05) is 70.2 Å². The number of hydrogen-bond donors (Lipinski definition) is 2. The number of rotatable bonds is 6. The molecule has 56 heavy (non-hydrogen) atoms. The van der Waals surface area contributed by atoms with Gasteiger partial charge in [-0.05, 0) is 84.5 Å². The van der Waals surface area contributed by atoms with Crippen LogP contribution in [0.4, 0.5) is 24.7 Å². The van der Waals surface area contributed by atoms with Crippen LogP contribution in [0.2, 0.25) is 20.1 Å². The number of nitrogens with one attached hydrogen (secondary N) is 1. The number of aromatic nitrogens is 1. The Morgan fingerprint density at radius 1 is 0.875 bits per heavy atom. The fourth-order valence-electron chi connectivity index (χ4n) is 8.92. The number of imide groups is 2. The second kappa shape index (κ2) is 13.7. The first-order chi connectivity index (χ1) is 26.6. The van der Waals surface area contributed by atoms with Gasteiger partial charge in [-0.2, -0.15) is 18.2 Å². The molecule has 1 aromatic heterocycles. The molecule has 4 aliphatic rings. The Morgan fingerprint density at radius 3 is 2.16 bits per heavy atom. The van der Waals surface area contributed by atoms with Crippen molar-refractivity contribution in [3.8, 4) is 11.5 Å². The van der Waals surface area contributed by atoms with Gasteiger partial charge in [-0.15, -0.1) is 0 Å². The van der Waals surface area contributed by atoms with Crippen molar-refractivity contribution in [1.29, 1.82) is 0 Å². The predicted molar refractivity (Wildman–Crippen MR) is 200 cm³/mol. The zero-order valence-electron chi connectivity index (χ0n) is 28.8. The van der Waals surface area contributed by atoms with E-state index in [4.69, 9.17) is 51.1 Å². The quantitative estimate of drug-likeness (QED) is 0.146. The number of benzene rings is 3. The van der Waals surface area contributed by atoms with Gasteiger partial charge < -0.3 is 9.84 Å². The summed E-state index contributed by atoms with van der Waals surface area (Å²) in [5.74, 6) is -8.24. The Labute approximate surface area is 336 Å². The number of aromatic hydroxyl groups is 1. The maximum absolute atomic E-state index is 15.4. The first-order valence-corrected chi connectivity index (χ1v) is 18.6. The molecule has 3 aromatic carbocycles. The fraction of sp³-hybridized carbons (Fsp3) is 0.256. The summed E-state index contributed by atoms with van der Waals surface area (Å²) in [5.41, 5.74) is 1.17. The highest BCUT2D eigenvalue weighted by Crippen LogP contribution is 2.65. The molecule has 0 radical (unpaired) electrons. The van der Waals surface area contributed by atoms with Gasteiger partial charge in [-0.3, -0.25) is 29.5 Å². The molecule has 2 aliphatic carbocycles. The molecule has 10 nitrogen and oxygen atoms in total. The van der Waals surface area contributed by atoms with E-state index in [1.807, 2.05) is 6.08 Å². The van der Waals surface area contributed by atoms with E-state index in [1.54, 1.807) is 48.5 Å². The number of methoxy groups -OCH3 is 1. The lowest BCUT2D eigenvalue weighted by Gasteiger charge is -2.50. The molecule has 8 rings (SSSR count). The van der Waals surface area contributed by atoms with E-state index < -0.39 is 81.2 Å². The van der Waals surface area contributed by atoms with Crippen molar-refractivity contribution in [2.45, 2.75) is 30.4 Å². The maximum atomic E-state index is 15.4. The number of allylic oxidation sites excluding steroid dienone is 2. The van der Waals surface area contributed by atoms with Crippen LogP contribution in [0, 0.1) is 23.7 Å². The molecule has 0 bridgehead atoms. The molecule has 4 aromatic rings. The van der Waals surface area contributed by atoms with Gasteiger partial charge in [-0.25, -0.2) is 4.98 Å². The van der Waals surface area contributed by atoms with Crippen LogP contribution in [-0.2, 0) is 30.8 Å². The second-order valence-corrected chi connectivity index (χ2v) is 15.6. The van der Waals surface area contributed by atoms with Crippen LogP contribution >= 0.6 is 46.4 Å². The third kappa shape index (κ3) is 5.73. The number of carbonyl (C=O) groups is 4. The summed E-state index contributed by atoms with van der Waals surface area (Å²) < 4.78 is 45.9. The first-order valence-electron chi connectivity index (χ1n) is 17.1. The Kier molecular flexibility index (Phi) is 9.30. The highest BCUT2D eigenvalue weighted by atomic mass is 35.5. The minimum absolute atomic E-state index is 0.0414. The van der Waals surface area contributed by atoms with Crippen molar-refractivity contribution in [2.75, 3.05) is 17.4 Å². The number of alkyl halides is 3. The van der Waals surface area contributed by atoms with Gasteiger partial charge in [0, 0.05) is 22.2 Å². The Morgan fingerprint density at radius 2 is 1.54 bits per heavy atom. The SMILES string of the molecule is COc1cc([C@H]2C3=CC[C@@H]4C(=O)N(c5ccc(Cl)cc5)C(=O)[C@@H]4[C@@H]3C[C@H]3C(=O)N(Nc4ncc(C(F)(F)F)cc4Cl)C(=O)[C@@]23c2ccc(Cl)cc2)cc(Cl)c1O. The molecule has 4 amide bonds. The van der Waals surface area contributed by atoms with Gasteiger partial charge in [0.2, 0.25) is 11.8 Å². The molecule has 0 unspecified atom stereocenters. The number of phenols is 1. The summed E-state index contributed by atoms with van der Waals surface area (Å²) in [6, 6.07) is 16.1. The average molecular weight is 846 g/mol. The number of phenolic OH excluding ortho intramolecular Hbond substituents is 1. The summed E-state index contributed by atoms with van der Waals surface area (Å²) in [7, 11) is 1.31. The van der Waals surface area contributed by atoms with Crippen LogP contribution in [0.5, 0.6) is 11.5 Å². The largest absolute Gasteiger partial charge is 0.503 e. The smallest absolute Gasteiger partial charge is 0.417 e. The number of hydrogen-bond acceptors (Lipinski definition) is 8. The third-order valence-corrected chi connectivity index (χ3v) is 12.3. The number of amides is 4. The molecule has 288 valence electrons. The fourth-order valence-corrected chi connectivity index (χ4v) is 9.60. The first kappa shape index (κ1) is 38.1. The number of ether oxygens (including phenoxy) is 1. The minimum atomic E-state index is -4.77. The molecule has 3 heterocycles. The number of pyridine rings is 1. The zero-order valence-corrected chi connectivity index (χ0v) is 31.8. The maximum Gasteiger partial charge on any atom is 0.417 e. The number of nitrogens with zero attached hydrogens (tertiary/aromatic N) is 3. The van der Waals surface area contributed by atoms with E-state index >= 15 is 4.79 Å². The van der Waals surface area contributed by atoms with Crippen LogP contribution in [0.1, 0.15) is 35.4 Å². The van der Waals surface area contributed by atoms with Crippen LogP contribution in [0.3, 0.4) is 0 Å². The summed E-state index contributed by atoms with van der Waals surface area (Å²) in [6.07, 6.45) is -2.42. The standard InChI is InChI=1S/C39H27Cl4F3N4O6/c1-56-29-13-17(12-27(42)32(29)51)31-23-10-11-24-30(36(54)49(34(24)52)22-8-6-21(41)7-9-22)25(23)15-26-35(53)50(37(55)38(26,31)18-2-4-20(40)5-3-18)48-33-28(43)14-19(16-47-33)39(44,45)46/h2-10,12-14,16,24-26,30-31,51H,11,15H2,1H3,(H,47,48)/t24-,25+,26-,30-,31-,38+/m0/s1. The van der Waals surface area contributed by atoms with Crippen LogP contribution in [0.15, 0.2) is 84.6 Å². The molecule has 2 aliphatic heterocycles. The number of anilines is 2. The van der Waals surface area contributed by atoms with E-state index in [0.29, 0.717) is 49.7 Å². The molecule has 2 N–H and O–H groups in total. The molecule has 17 heteroatoms. The van der Waals surface area contributed by atoms with E-state index in [1.165, 1.54) is 19.2 Å². The molecular weight excluding hydrogens is 819 g/mol. The summed E-state index contributed by atoms with van der Waals surface area (Å²) in [6.45, 7) is 0. The Balaban J connectivity index is 1.33. The monoisotopic (exact) mass is 844 g/mol. The highest BCUT2D eigenvalue weighted by Gasteiger charge is 2.70. The van der Waals surface area contributed by atoms with Crippen molar-refractivity contribution in [2.24, 2.45) is 23.7 Å². The normalized spacial score (nSPS) is 25.9. The summed E-state index contributed by atoms with van der Waals surface area (Å²) >= 11 is 25.3. The molecule has 6 atom stereocenters. The second-order valence-electron chi connectivity index (χ2n) is 14.0. The van der Waals surface area contributed by atoms with Gasteiger partial charge in [0.15, 0.2) is 17.3 Å². The van der Waals surface area contributed by atoms with E-state index in [9.17, 15) is 32.7 Å². The van der Waals surface area contributed by atoms with Gasteiger partial charge in [0.05, 0.1) is 51.6 Å². The lowest BCUT2D eigenvalue weighted by atomic mass is 9.49. The van der Waals surface area contributed by atoms with Crippen molar-refractivity contribution in [3.63, 3.8) is 0 Å². The van der Waals surface area contributed by atoms with Gasteiger partial charge in [0.25, 0.3) is 11.8 Å². The molecular formula is C39H27Cl4F3N4O6. The number of carbonyl (C=O) groups excluding carboxylic acids is 4. The zero-order chi connectivity index (χ0) is 40.0. The van der Waals surface area contributed by atoms with Crippen LogP contribution in [0.25, 0.3) is 0 Å². The number of fused-ring (bicyclic) bond motifs is 4.